The highest BCUT2D eigenvalue weighted by Crippen LogP contribution is 2.32. The van der Waals surface area contributed by atoms with Gasteiger partial charge in [-0.25, -0.2) is 4.79 Å². The van der Waals surface area contributed by atoms with Crippen LogP contribution in [0.15, 0.2) is 66.7 Å². The van der Waals surface area contributed by atoms with Crippen molar-refractivity contribution in [2.24, 2.45) is 0 Å². The average molecular weight is 373 g/mol. The molecule has 138 valence electrons. The van der Waals surface area contributed by atoms with Crippen LogP contribution in [0.3, 0.4) is 0 Å². The number of carbonyl (C=O) groups is 2. The van der Waals surface area contributed by atoms with Gasteiger partial charge >= 0.3 is 12.1 Å². The second-order valence-corrected chi connectivity index (χ2v) is 5.69. The molecule has 0 aliphatic rings. The Morgan fingerprint density at radius 3 is 2.33 bits per heavy atom. The molecule has 3 aromatic rings. The molecule has 4 nitrogen and oxygen atoms in total. The second-order valence-electron chi connectivity index (χ2n) is 5.69. The van der Waals surface area contributed by atoms with E-state index in [0.717, 1.165) is 22.9 Å². The summed E-state index contributed by atoms with van der Waals surface area (Å²) in [6.45, 7) is -0.700. The first-order valence-corrected chi connectivity index (χ1v) is 7.97. The maximum absolute atomic E-state index is 13.0. The van der Waals surface area contributed by atoms with Crippen LogP contribution in [0.5, 0.6) is 0 Å². The van der Waals surface area contributed by atoms with Crippen molar-refractivity contribution in [3.05, 3.63) is 77.9 Å². The van der Waals surface area contributed by atoms with Crippen molar-refractivity contribution in [3.8, 4) is 0 Å². The Morgan fingerprint density at radius 2 is 1.56 bits per heavy atom. The summed E-state index contributed by atoms with van der Waals surface area (Å²) < 4.78 is 43.6. The molecule has 0 fully saturated rings. The molecule has 0 aromatic heterocycles. The number of hydrogen-bond donors (Lipinski definition) is 1. The number of ether oxygens (including phenoxy) is 1. The molecule has 0 spiro atoms. The predicted octanol–water partition coefficient (Wildman–Crippen LogP) is 4.65. The van der Waals surface area contributed by atoms with Crippen molar-refractivity contribution < 1.29 is 27.5 Å². The fourth-order valence-corrected chi connectivity index (χ4v) is 2.64. The number of hydrogen-bond acceptors (Lipinski definition) is 3. The van der Waals surface area contributed by atoms with Gasteiger partial charge in [0.2, 0.25) is 0 Å². The standard InChI is InChI=1S/C20H14F3NO3/c21-20(22,23)16-10-4-3-9-15(16)19(26)27-12-18(25)24-17-11-5-7-13-6-1-2-8-14(13)17/h1-11H,12H2,(H,24,25). The lowest BCUT2D eigenvalue weighted by atomic mass is 10.1. The van der Waals surface area contributed by atoms with Crippen molar-refractivity contribution in [1.29, 1.82) is 0 Å². The lowest BCUT2D eigenvalue weighted by molar-refractivity contribution is -0.138. The van der Waals surface area contributed by atoms with Gasteiger partial charge in [-0.15, -0.1) is 0 Å². The van der Waals surface area contributed by atoms with Gasteiger partial charge in [-0.2, -0.15) is 13.2 Å². The van der Waals surface area contributed by atoms with E-state index >= 15 is 0 Å². The number of benzene rings is 3. The van der Waals surface area contributed by atoms with Crippen LogP contribution in [0.1, 0.15) is 15.9 Å². The minimum Gasteiger partial charge on any atom is -0.452 e. The average Bonchev–Trinajstić information content (AvgIpc) is 2.66. The Labute approximate surface area is 152 Å². The molecule has 1 N–H and O–H groups in total. The van der Waals surface area contributed by atoms with Crippen LogP contribution in [0.25, 0.3) is 10.8 Å². The highest BCUT2D eigenvalue weighted by Gasteiger charge is 2.35. The largest absolute Gasteiger partial charge is 0.452 e. The quantitative estimate of drug-likeness (QED) is 0.677. The van der Waals surface area contributed by atoms with Crippen LogP contribution in [0.2, 0.25) is 0 Å². The number of fused-ring (bicyclic) bond motifs is 1. The van der Waals surface area contributed by atoms with E-state index in [0.29, 0.717) is 5.69 Å². The van der Waals surface area contributed by atoms with Gasteiger partial charge in [-0.3, -0.25) is 4.79 Å². The molecule has 0 saturated heterocycles. The summed E-state index contributed by atoms with van der Waals surface area (Å²) in [4.78, 5) is 24.0. The fraction of sp³-hybridized carbons (Fsp3) is 0.100. The van der Waals surface area contributed by atoms with Crippen LogP contribution in [-0.2, 0) is 15.7 Å². The van der Waals surface area contributed by atoms with Crippen molar-refractivity contribution in [3.63, 3.8) is 0 Å². The lowest BCUT2D eigenvalue weighted by Gasteiger charge is -2.12. The minimum atomic E-state index is -4.69. The van der Waals surface area contributed by atoms with Crippen LogP contribution in [-0.4, -0.2) is 18.5 Å². The molecule has 0 atom stereocenters. The molecular weight excluding hydrogens is 359 g/mol. The van der Waals surface area contributed by atoms with E-state index in [4.69, 9.17) is 4.74 Å². The summed E-state index contributed by atoms with van der Waals surface area (Å²) in [5.41, 5.74) is -1.22. The molecule has 0 saturated carbocycles. The Kier molecular flexibility index (Phi) is 5.12. The lowest BCUT2D eigenvalue weighted by Crippen LogP contribution is -2.22. The van der Waals surface area contributed by atoms with Gasteiger partial charge in [0.15, 0.2) is 6.61 Å². The zero-order valence-corrected chi connectivity index (χ0v) is 13.9. The molecule has 0 aliphatic carbocycles. The molecule has 1 amide bonds. The number of carbonyl (C=O) groups excluding carboxylic acids is 2. The molecule has 0 bridgehead atoms. The number of amides is 1. The molecule has 0 unspecified atom stereocenters. The monoisotopic (exact) mass is 373 g/mol. The molecular formula is C20H14F3NO3. The highest BCUT2D eigenvalue weighted by molar-refractivity contribution is 6.03. The predicted molar refractivity (Wildman–Crippen MR) is 94.3 cm³/mol. The van der Waals surface area contributed by atoms with E-state index in [1.807, 2.05) is 30.3 Å². The number of esters is 1. The van der Waals surface area contributed by atoms with Gasteiger partial charge in [0.25, 0.3) is 5.91 Å². The van der Waals surface area contributed by atoms with Crippen molar-refractivity contribution in [1.82, 2.24) is 0 Å². The number of alkyl halides is 3. The first kappa shape index (κ1) is 18.4. The summed E-state index contributed by atoms with van der Waals surface area (Å²) in [5.74, 6) is -1.86. The maximum Gasteiger partial charge on any atom is 0.417 e. The van der Waals surface area contributed by atoms with Gasteiger partial charge in [0.05, 0.1) is 11.1 Å². The summed E-state index contributed by atoms with van der Waals surface area (Å²) >= 11 is 0. The third-order valence-corrected chi connectivity index (χ3v) is 3.85. The van der Waals surface area contributed by atoms with Gasteiger partial charge in [-0.1, -0.05) is 48.5 Å². The molecule has 3 rings (SSSR count). The smallest absolute Gasteiger partial charge is 0.417 e. The van der Waals surface area contributed by atoms with Gasteiger partial charge in [0, 0.05) is 11.1 Å². The van der Waals surface area contributed by atoms with Gasteiger partial charge in [0.1, 0.15) is 0 Å². The Bertz CT molecular complexity index is 994. The second kappa shape index (κ2) is 7.49. The van der Waals surface area contributed by atoms with Crippen molar-refractivity contribution >= 4 is 28.3 Å². The Balaban J connectivity index is 1.69. The van der Waals surface area contributed by atoms with Crippen molar-refractivity contribution in [2.75, 3.05) is 11.9 Å². The summed E-state index contributed by atoms with van der Waals surface area (Å²) in [6, 6.07) is 16.9. The van der Waals surface area contributed by atoms with Crippen LogP contribution in [0.4, 0.5) is 18.9 Å². The third kappa shape index (κ3) is 4.25. The van der Waals surface area contributed by atoms with E-state index in [-0.39, 0.29) is 0 Å². The van der Waals surface area contributed by atoms with Crippen LogP contribution < -0.4 is 5.32 Å². The summed E-state index contributed by atoms with van der Waals surface area (Å²) in [7, 11) is 0. The number of halogens is 3. The first-order valence-electron chi connectivity index (χ1n) is 7.97. The maximum atomic E-state index is 13.0. The van der Waals surface area contributed by atoms with Crippen LogP contribution in [0, 0.1) is 0 Å². The van der Waals surface area contributed by atoms with Gasteiger partial charge < -0.3 is 10.1 Å². The highest BCUT2D eigenvalue weighted by atomic mass is 19.4. The number of nitrogens with one attached hydrogen (secondary N) is 1. The zero-order valence-electron chi connectivity index (χ0n) is 13.9. The van der Waals surface area contributed by atoms with E-state index in [9.17, 15) is 22.8 Å². The zero-order chi connectivity index (χ0) is 19.4. The van der Waals surface area contributed by atoms with E-state index < -0.39 is 35.8 Å². The molecule has 0 heterocycles. The van der Waals surface area contributed by atoms with Crippen LogP contribution >= 0.6 is 0 Å². The topological polar surface area (TPSA) is 55.4 Å². The minimum absolute atomic E-state index is 0.518. The SMILES string of the molecule is O=C(COC(=O)c1ccccc1C(F)(F)F)Nc1cccc2ccccc12. The van der Waals surface area contributed by atoms with E-state index in [1.165, 1.54) is 12.1 Å². The summed E-state index contributed by atoms with van der Waals surface area (Å²) in [5, 5.41) is 4.30. The fourth-order valence-electron chi connectivity index (χ4n) is 2.64. The molecule has 0 radical (unpaired) electrons. The normalized spacial score (nSPS) is 11.2. The van der Waals surface area contributed by atoms with E-state index in [1.54, 1.807) is 12.1 Å². The van der Waals surface area contributed by atoms with Crippen molar-refractivity contribution in [2.45, 2.75) is 6.18 Å². The molecule has 3 aromatic carbocycles. The molecule has 27 heavy (non-hydrogen) atoms. The molecule has 7 heteroatoms. The third-order valence-electron chi connectivity index (χ3n) is 3.85. The Morgan fingerprint density at radius 1 is 0.889 bits per heavy atom. The van der Waals surface area contributed by atoms with E-state index in [2.05, 4.69) is 5.32 Å². The summed E-state index contributed by atoms with van der Waals surface area (Å²) in [6.07, 6.45) is -4.69. The number of anilines is 1. The first-order chi connectivity index (χ1) is 12.9. The molecule has 0 aliphatic heterocycles. The van der Waals surface area contributed by atoms with Gasteiger partial charge in [-0.05, 0) is 23.6 Å². The number of rotatable bonds is 4. The Hall–Kier alpha value is -3.35.